The summed E-state index contributed by atoms with van der Waals surface area (Å²) in [6.45, 7) is 4.65. The van der Waals surface area contributed by atoms with Gasteiger partial charge in [-0.1, -0.05) is 6.07 Å². The Morgan fingerprint density at radius 3 is 2.41 bits per heavy atom. The topological polar surface area (TPSA) is 43.0 Å². The van der Waals surface area contributed by atoms with Crippen LogP contribution in [0.3, 0.4) is 0 Å². The fraction of sp³-hybridized carbons (Fsp3) is 0.647. The van der Waals surface area contributed by atoms with Crippen molar-refractivity contribution < 1.29 is 14.2 Å². The van der Waals surface area contributed by atoms with Gasteiger partial charge in [-0.3, -0.25) is 0 Å². The van der Waals surface area contributed by atoms with Crippen LogP contribution in [0.15, 0.2) is 18.2 Å². The lowest BCUT2D eigenvalue weighted by Gasteiger charge is -2.21. The minimum atomic E-state index is 0.0424. The van der Waals surface area contributed by atoms with Gasteiger partial charge in [-0.2, -0.15) is 0 Å². The van der Waals surface area contributed by atoms with E-state index in [4.69, 9.17) is 14.2 Å². The summed E-state index contributed by atoms with van der Waals surface area (Å²) < 4.78 is 16.4. The summed E-state index contributed by atoms with van der Waals surface area (Å²) in [6.07, 6.45) is 2.87. The summed E-state index contributed by atoms with van der Waals surface area (Å²) in [5.41, 5.74) is 1.10. The number of hydrogen-bond donors (Lipinski definition) is 1. The summed E-state index contributed by atoms with van der Waals surface area (Å²) in [5.74, 6) is 1.62. The van der Waals surface area contributed by atoms with Gasteiger partial charge in [0, 0.05) is 13.7 Å². The lowest BCUT2D eigenvalue weighted by atomic mass is 10.1. The molecule has 22 heavy (non-hydrogen) atoms. The molecule has 0 saturated carbocycles. The molecule has 1 fully saturated rings. The van der Waals surface area contributed by atoms with Crippen LogP contribution in [0.25, 0.3) is 0 Å². The number of hydrogen-bond acceptors (Lipinski definition) is 5. The standard InChI is InChI=1S/C12H17NO3.C5H11N/c1-13-8-12(14-2)9-3-4-10-11(7-9)16-6-5-15-10;1-6-4-2-3-5-6/h3-4,7,12-13H,5-6,8H2,1-2H3;2-5H2,1H3/t12-;/m0./s1. The van der Waals surface area contributed by atoms with Gasteiger partial charge in [0.15, 0.2) is 11.5 Å². The lowest BCUT2D eigenvalue weighted by molar-refractivity contribution is 0.103. The Morgan fingerprint density at radius 2 is 1.86 bits per heavy atom. The number of benzene rings is 1. The van der Waals surface area contributed by atoms with Crippen molar-refractivity contribution in [1.29, 1.82) is 0 Å². The van der Waals surface area contributed by atoms with Crippen molar-refractivity contribution in [2.24, 2.45) is 0 Å². The van der Waals surface area contributed by atoms with E-state index >= 15 is 0 Å². The van der Waals surface area contributed by atoms with Gasteiger partial charge in [-0.15, -0.1) is 0 Å². The van der Waals surface area contributed by atoms with Gasteiger partial charge < -0.3 is 24.4 Å². The average Bonchev–Trinajstić information content (AvgIpc) is 3.04. The van der Waals surface area contributed by atoms with Crippen LogP contribution < -0.4 is 14.8 Å². The van der Waals surface area contributed by atoms with E-state index < -0.39 is 0 Å². The van der Waals surface area contributed by atoms with Crippen LogP contribution in [0, 0.1) is 0 Å². The highest BCUT2D eigenvalue weighted by Crippen LogP contribution is 2.33. The van der Waals surface area contributed by atoms with Gasteiger partial charge in [-0.05, 0) is 57.7 Å². The maximum atomic E-state index is 5.54. The summed E-state index contributed by atoms with van der Waals surface area (Å²) in [7, 11) is 5.79. The number of nitrogens with one attached hydrogen (secondary N) is 1. The minimum Gasteiger partial charge on any atom is -0.486 e. The van der Waals surface area contributed by atoms with Crippen LogP contribution in [0.1, 0.15) is 24.5 Å². The molecule has 1 aromatic rings. The van der Waals surface area contributed by atoms with Crippen molar-refractivity contribution in [2.75, 3.05) is 54.1 Å². The third-order valence-corrected chi connectivity index (χ3v) is 3.94. The van der Waals surface area contributed by atoms with Gasteiger partial charge in [0.1, 0.15) is 13.2 Å². The second-order valence-corrected chi connectivity index (χ2v) is 5.70. The van der Waals surface area contributed by atoms with E-state index in [1.54, 1.807) is 7.11 Å². The summed E-state index contributed by atoms with van der Waals surface area (Å²) >= 11 is 0. The lowest BCUT2D eigenvalue weighted by Crippen LogP contribution is -2.19. The molecule has 1 aromatic carbocycles. The first-order chi connectivity index (χ1) is 10.7. The molecule has 124 valence electrons. The highest BCUT2D eigenvalue weighted by atomic mass is 16.6. The maximum absolute atomic E-state index is 5.54. The van der Waals surface area contributed by atoms with Gasteiger partial charge >= 0.3 is 0 Å². The molecular formula is C17H28N2O3. The Balaban J connectivity index is 0.000000246. The monoisotopic (exact) mass is 308 g/mol. The summed E-state index contributed by atoms with van der Waals surface area (Å²) in [5, 5.41) is 3.10. The molecule has 2 aliphatic heterocycles. The molecule has 0 bridgehead atoms. The smallest absolute Gasteiger partial charge is 0.161 e. The van der Waals surface area contributed by atoms with Crippen LogP contribution in [0.2, 0.25) is 0 Å². The van der Waals surface area contributed by atoms with E-state index in [9.17, 15) is 0 Å². The van der Waals surface area contributed by atoms with E-state index in [0.29, 0.717) is 13.2 Å². The van der Waals surface area contributed by atoms with Crippen molar-refractivity contribution in [3.05, 3.63) is 23.8 Å². The third-order valence-electron chi connectivity index (χ3n) is 3.94. The molecule has 0 amide bonds. The number of fused-ring (bicyclic) bond motifs is 1. The Morgan fingerprint density at radius 1 is 1.18 bits per heavy atom. The van der Waals surface area contributed by atoms with Gasteiger partial charge in [0.05, 0.1) is 6.10 Å². The molecule has 3 rings (SSSR count). The molecule has 0 unspecified atom stereocenters. The first-order valence-electron chi connectivity index (χ1n) is 8.00. The molecule has 0 radical (unpaired) electrons. The third kappa shape index (κ3) is 4.87. The van der Waals surface area contributed by atoms with Crippen LogP contribution in [-0.2, 0) is 4.74 Å². The summed E-state index contributed by atoms with van der Waals surface area (Å²) in [4.78, 5) is 2.36. The van der Waals surface area contributed by atoms with E-state index in [0.717, 1.165) is 23.6 Å². The number of rotatable bonds is 4. The molecule has 1 N–H and O–H groups in total. The fourth-order valence-electron chi connectivity index (χ4n) is 2.66. The largest absolute Gasteiger partial charge is 0.486 e. The Kier molecular flexibility index (Phi) is 6.96. The molecule has 5 heteroatoms. The molecule has 1 saturated heterocycles. The number of ether oxygens (including phenoxy) is 3. The second-order valence-electron chi connectivity index (χ2n) is 5.70. The first kappa shape index (κ1) is 17.1. The molecule has 0 spiro atoms. The van der Waals surface area contributed by atoms with E-state index in [1.165, 1.54) is 25.9 Å². The van der Waals surface area contributed by atoms with Gasteiger partial charge in [0.25, 0.3) is 0 Å². The molecule has 2 heterocycles. The number of methoxy groups -OCH3 is 1. The molecule has 0 aromatic heterocycles. The Labute approximate surface area is 133 Å². The molecule has 5 nitrogen and oxygen atoms in total. The first-order valence-corrected chi connectivity index (χ1v) is 8.00. The highest BCUT2D eigenvalue weighted by molar-refractivity contribution is 5.44. The van der Waals surface area contributed by atoms with Crippen molar-refractivity contribution in [2.45, 2.75) is 18.9 Å². The minimum absolute atomic E-state index is 0.0424. The van der Waals surface area contributed by atoms with Crippen molar-refractivity contribution in [3.8, 4) is 11.5 Å². The van der Waals surface area contributed by atoms with Gasteiger partial charge in [-0.25, -0.2) is 0 Å². The highest BCUT2D eigenvalue weighted by Gasteiger charge is 2.16. The van der Waals surface area contributed by atoms with Crippen molar-refractivity contribution in [3.63, 3.8) is 0 Å². The zero-order chi connectivity index (χ0) is 15.8. The molecule has 2 aliphatic rings. The number of likely N-dealkylation sites (N-methyl/N-ethyl adjacent to an activating group) is 1. The Bertz CT molecular complexity index is 448. The van der Waals surface area contributed by atoms with E-state index in [2.05, 4.69) is 17.3 Å². The quantitative estimate of drug-likeness (QED) is 0.922. The average molecular weight is 308 g/mol. The van der Waals surface area contributed by atoms with Crippen molar-refractivity contribution in [1.82, 2.24) is 10.2 Å². The fourth-order valence-corrected chi connectivity index (χ4v) is 2.66. The zero-order valence-electron chi connectivity index (χ0n) is 13.9. The molecular weight excluding hydrogens is 280 g/mol. The Hall–Kier alpha value is -1.30. The van der Waals surface area contributed by atoms with Crippen molar-refractivity contribution >= 4 is 0 Å². The molecule has 1 atom stereocenters. The normalized spacial score (nSPS) is 18.5. The summed E-state index contributed by atoms with van der Waals surface area (Å²) in [6, 6.07) is 5.94. The SMILES string of the molecule is CN1CCCC1.CNC[C@H](OC)c1ccc2c(c1)OCCO2. The number of likely N-dealkylation sites (tertiary alicyclic amines) is 1. The van der Waals surface area contributed by atoms with Crippen LogP contribution in [0.4, 0.5) is 0 Å². The van der Waals surface area contributed by atoms with E-state index in [1.807, 2.05) is 25.2 Å². The predicted molar refractivity (Wildman–Crippen MR) is 87.8 cm³/mol. The maximum Gasteiger partial charge on any atom is 0.161 e. The number of nitrogens with zero attached hydrogens (tertiary/aromatic N) is 1. The van der Waals surface area contributed by atoms with Crippen LogP contribution >= 0.6 is 0 Å². The predicted octanol–water partition coefficient (Wildman–Crippen LogP) is 2.08. The van der Waals surface area contributed by atoms with E-state index in [-0.39, 0.29) is 6.10 Å². The van der Waals surface area contributed by atoms with Crippen LogP contribution in [-0.4, -0.2) is 59.0 Å². The zero-order valence-corrected chi connectivity index (χ0v) is 13.9. The van der Waals surface area contributed by atoms with Crippen LogP contribution in [0.5, 0.6) is 11.5 Å². The molecule has 0 aliphatic carbocycles. The second kappa shape index (κ2) is 8.98. The van der Waals surface area contributed by atoms with Gasteiger partial charge in [0.2, 0.25) is 0 Å².